The first-order valence-corrected chi connectivity index (χ1v) is 7.58. The van der Waals surface area contributed by atoms with Gasteiger partial charge in [0.15, 0.2) is 11.6 Å². The van der Waals surface area contributed by atoms with E-state index < -0.39 is 23.9 Å². The minimum absolute atomic E-state index is 0.0149. The number of rotatable bonds is 3. The van der Waals surface area contributed by atoms with Gasteiger partial charge in [0.1, 0.15) is 5.82 Å². The zero-order valence-electron chi connectivity index (χ0n) is 13.1. The molecule has 4 nitrogen and oxygen atoms in total. The summed E-state index contributed by atoms with van der Waals surface area (Å²) in [5, 5.41) is 9.97. The van der Waals surface area contributed by atoms with E-state index in [0.29, 0.717) is 12.0 Å². The molecule has 6 heteroatoms. The van der Waals surface area contributed by atoms with Crippen molar-refractivity contribution in [1.29, 1.82) is 0 Å². The van der Waals surface area contributed by atoms with Crippen molar-refractivity contribution >= 4 is 5.91 Å². The van der Waals surface area contributed by atoms with Crippen LogP contribution in [0.3, 0.4) is 0 Å². The molecule has 3 rings (SSSR count). The number of ether oxygens (including phenoxy) is 1. The molecule has 1 N–H and O–H groups in total. The Morgan fingerprint density at radius 1 is 1.21 bits per heavy atom. The predicted molar refractivity (Wildman–Crippen MR) is 83.8 cm³/mol. The van der Waals surface area contributed by atoms with Crippen LogP contribution in [0.1, 0.15) is 28.4 Å². The molecule has 0 aliphatic carbocycles. The van der Waals surface area contributed by atoms with Gasteiger partial charge in [-0.15, -0.1) is 0 Å². The number of carbonyl (C=O) groups excluding carboxylic acids is 1. The fraction of sp³-hybridized carbons (Fsp3) is 0.278. The molecule has 0 aromatic heterocycles. The third-order valence-corrected chi connectivity index (χ3v) is 4.21. The number of carbonyl (C=O) groups is 1. The molecule has 1 fully saturated rings. The highest BCUT2D eigenvalue weighted by atomic mass is 19.1. The SMILES string of the molecule is COc1cccc(C(=O)N2C[C@@H](O)C[C@H]2c2ccc(F)cc2)c1F. The smallest absolute Gasteiger partial charge is 0.257 e. The molecule has 126 valence electrons. The van der Waals surface area contributed by atoms with Gasteiger partial charge in [-0.25, -0.2) is 8.78 Å². The van der Waals surface area contributed by atoms with Crippen LogP contribution in [0.2, 0.25) is 0 Å². The largest absolute Gasteiger partial charge is 0.494 e. The molecule has 0 saturated carbocycles. The van der Waals surface area contributed by atoms with Crippen LogP contribution in [0.25, 0.3) is 0 Å². The maximum Gasteiger partial charge on any atom is 0.257 e. The van der Waals surface area contributed by atoms with Gasteiger partial charge in [0.05, 0.1) is 24.8 Å². The Balaban J connectivity index is 1.94. The second-order valence-corrected chi connectivity index (χ2v) is 5.74. The van der Waals surface area contributed by atoms with E-state index in [1.165, 1.54) is 42.3 Å². The fourth-order valence-corrected chi connectivity index (χ4v) is 3.03. The van der Waals surface area contributed by atoms with Crippen LogP contribution >= 0.6 is 0 Å². The van der Waals surface area contributed by atoms with Gasteiger partial charge in [0.2, 0.25) is 0 Å². The van der Waals surface area contributed by atoms with Crippen LogP contribution in [0, 0.1) is 11.6 Å². The van der Waals surface area contributed by atoms with Gasteiger partial charge < -0.3 is 14.7 Å². The number of hydrogen-bond donors (Lipinski definition) is 1. The normalized spacial score (nSPS) is 20.2. The third kappa shape index (κ3) is 2.97. The second-order valence-electron chi connectivity index (χ2n) is 5.74. The number of halogens is 2. The highest BCUT2D eigenvalue weighted by Gasteiger charge is 2.36. The van der Waals surface area contributed by atoms with E-state index in [2.05, 4.69) is 0 Å². The lowest BCUT2D eigenvalue weighted by Crippen LogP contribution is -2.32. The number of nitrogens with zero attached hydrogens (tertiary/aromatic N) is 1. The molecule has 1 amide bonds. The van der Waals surface area contributed by atoms with Crippen molar-refractivity contribution in [1.82, 2.24) is 4.90 Å². The highest BCUT2D eigenvalue weighted by Crippen LogP contribution is 2.34. The molecule has 0 unspecified atom stereocenters. The summed E-state index contributed by atoms with van der Waals surface area (Å²) in [6.45, 7) is 0.0948. The van der Waals surface area contributed by atoms with Crippen LogP contribution in [0.4, 0.5) is 8.78 Å². The number of likely N-dealkylation sites (tertiary alicyclic amines) is 1. The monoisotopic (exact) mass is 333 g/mol. The predicted octanol–water partition coefficient (Wildman–Crippen LogP) is 2.92. The number of β-amino-alcohol motifs (C(OH)–C–C–N with tert-alkyl or cyclic N) is 1. The summed E-state index contributed by atoms with van der Waals surface area (Å²) in [4.78, 5) is 14.2. The van der Waals surface area contributed by atoms with E-state index in [9.17, 15) is 18.7 Å². The first kappa shape index (κ1) is 16.4. The van der Waals surface area contributed by atoms with E-state index in [-0.39, 0.29) is 23.7 Å². The number of hydrogen-bond acceptors (Lipinski definition) is 3. The Labute approximate surface area is 138 Å². The molecular weight excluding hydrogens is 316 g/mol. The average Bonchev–Trinajstić information content (AvgIpc) is 2.97. The summed E-state index contributed by atoms with van der Waals surface area (Å²) in [5.41, 5.74) is 0.583. The average molecular weight is 333 g/mol. The Morgan fingerprint density at radius 2 is 1.92 bits per heavy atom. The van der Waals surface area contributed by atoms with E-state index >= 15 is 0 Å². The molecule has 24 heavy (non-hydrogen) atoms. The Morgan fingerprint density at radius 3 is 2.58 bits per heavy atom. The minimum atomic E-state index is -0.732. The Hall–Kier alpha value is -2.47. The summed E-state index contributed by atoms with van der Waals surface area (Å²) in [6, 6.07) is 9.66. The van der Waals surface area contributed by atoms with Crippen LogP contribution in [-0.2, 0) is 0 Å². The number of aliphatic hydroxyl groups excluding tert-OH is 1. The Kier molecular flexibility index (Phi) is 4.49. The van der Waals surface area contributed by atoms with E-state index in [1.54, 1.807) is 12.1 Å². The standard InChI is InChI=1S/C18H17F2NO3/c1-24-16-4-2-3-14(17(16)20)18(23)21-10-13(22)9-15(21)11-5-7-12(19)8-6-11/h2-8,13,15,22H,9-10H2,1H3/t13-,15-/m0/s1. The van der Waals surface area contributed by atoms with E-state index in [4.69, 9.17) is 4.74 Å². The van der Waals surface area contributed by atoms with Crippen molar-refractivity contribution in [2.24, 2.45) is 0 Å². The molecule has 0 spiro atoms. The lowest BCUT2D eigenvalue weighted by atomic mass is 10.0. The van der Waals surface area contributed by atoms with E-state index in [1.807, 2.05) is 0 Å². The molecule has 0 bridgehead atoms. The van der Waals surface area contributed by atoms with Gasteiger partial charge in [-0.3, -0.25) is 4.79 Å². The molecule has 1 aliphatic heterocycles. The molecular formula is C18H17F2NO3. The molecule has 0 radical (unpaired) electrons. The fourth-order valence-electron chi connectivity index (χ4n) is 3.03. The highest BCUT2D eigenvalue weighted by molar-refractivity contribution is 5.95. The molecule has 2 atom stereocenters. The van der Waals surface area contributed by atoms with Crippen LogP contribution in [0.5, 0.6) is 5.75 Å². The third-order valence-electron chi connectivity index (χ3n) is 4.21. The van der Waals surface area contributed by atoms with Crippen molar-refractivity contribution in [2.45, 2.75) is 18.6 Å². The van der Waals surface area contributed by atoms with Gasteiger partial charge >= 0.3 is 0 Å². The first-order valence-electron chi connectivity index (χ1n) is 7.58. The zero-order chi connectivity index (χ0) is 17.3. The Bertz CT molecular complexity index is 748. The summed E-state index contributed by atoms with van der Waals surface area (Å²) >= 11 is 0. The molecule has 1 saturated heterocycles. The maximum absolute atomic E-state index is 14.4. The van der Waals surface area contributed by atoms with Crippen LogP contribution in [-0.4, -0.2) is 35.7 Å². The topological polar surface area (TPSA) is 49.8 Å². The molecule has 1 aliphatic rings. The summed E-state index contributed by atoms with van der Waals surface area (Å²) in [6.07, 6.45) is -0.388. The maximum atomic E-state index is 14.4. The van der Waals surface area contributed by atoms with Gasteiger partial charge in [-0.05, 0) is 36.2 Å². The van der Waals surface area contributed by atoms with Crippen molar-refractivity contribution in [3.05, 3.63) is 65.2 Å². The molecule has 1 heterocycles. The minimum Gasteiger partial charge on any atom is -0.494 e. The number of benzene rings is 2. The number of amides is 1. The summed E-state index contributed by atoms with van der Waals surface area (Å²) < 4.78 is 32.4. The lowest BCUT2D eigenvalue weighted by Gasteiger charge is -2.25. The zero-order valence-corrected chi connectivity index (χ0v) is 13.1. The van der Waals surface area contributed by atoms with Gasteiger partial charge in [0.25, 0.3) is 5.91 Å². The van der Waals surface area contributed by atoms with Crippen molar-refractivity contribution < 1.29 is 23.4 Å². The quantitative estimate of drug-likeness (QED) is 0.940. The van der Waals surface area contributed by atoms with Crippen molar-refractivity contribution in [3.8, 4) is 5.75 Å². The van der Waals surface area contributed by atoms with Gasteiger partial charge in [0, 0.05) is 6.54 Å². The molecule has 2 aromatic rings. The van der Waals surface area contributed by atoms with Gasteiger partial charge in [-0.2, -0.15) is 0 Å². The first-order chi connectivity index (χ1) is 11.5. The van der Waals surface area contributed by atoms with Crippen LogP contribution in [0.15, 0.2) is 42.5 Å². The number of aliphatic hydroxyl groups is 1. The van der Waals surface area contributed by atoms with Crippen molar-refractivity contribution in [3.63, 3.8) is 0 Å². The van der Waals surface area contributed by atoms with E-state index in [0.717, 1.165) is 0 Å². The molecule has 2 aromatic carbocycles. The second kappa shape index (κ2) is 6.57. The van der Waals surface area contributed by atoms with Crippen molar-refractivity contribution in [2.75, 3.05) is 13.7 Å². The van der Waals surface area contributed by atoms with Crippen LogP contribution < -0.4 is 4.74 Å². The summed E-state index contributed by atoms with van der Waals surface area (Å²) in [5.74, 6) is -1.66. The van der Waals surface area contributed by atoms with Gasteiger partial charge in [-0.1, -0.05) is 18.2 Å². The lowest BCUT2D eigenvalue weighted by molar-refractivity contribution is 0.0710. The number of methoxy groups -OCH3 is 1. The summed E-state index contributed by atoms with van der Waals surface area (Å²) in [7, 11) is 1.33.